The summed E-state index contributed by atoms with van der Waals surface area (Å²) < 4.78 is 12.5. The van der Waals surface area contributed by atoms with Crippen molar-refractivity contribution >= 4 is 16.9 Å². The summed E-state index contributed by atoms with van der Waals surface area (Å²) in [5, 5.41) is 15.7. The van der Waals surface area contributed by atoms with E-state index < -0.39 is 0 Å². The Morgan fingerprint density at radius 2 is 2.35 bits per heavy atom. The summed E-state index contributed by atoms with van der Waals surface area (Å²) in [6.07, 6.45) is 3.37. The molecule has 1 aliphatic heterocycles. The lowest BCUT2D eigenvalue weighted by atomic mass is 10.2. The van der Waals surface area contributed by atoms with E-state index in [1.54, 1.807) is 18.5 Å². The fourth-order valence-electron chi connectivity index (χ4n) is 2.99. The Kier molecular flexibility index (Phi) is 4.63. The van der Waals surface area contributed by atoms with Gasteiger partial charge in [-0.1, -0.05) is 5.16 Å². The molecule has 0 radical (unpaired) electrons. The fraction of sp³-hybridized carbons (Fsp3) is 0.412. The number of hydrogen-bond acceptors (Lipinski definition) is 7. The van der Waals surface area contributed by atoms with Gasteiger partial charge in [-0.25, -0.2) is 4.98 Å². The predicted octanol–water partition coefficient (Wildman–Crippen LogP) is 1.19. The van der Waals surface area contributed by atoms with Crippen molar-refractivity contribution in [3.8, 4) is 0 Å². The molecule has 26 heavy (non-hydrogen) atoms. The molecule has 1 unspecified atom stereocenters. The summed E-state index contributed by atoms with van der Waals surface area (Å²) in [6, 6.07) is 5.25. The molecular weight excluding hydrogens is 338 g/mol. The number of nitrogens with zero attached hydrogens (tertiary/aromatic N) is 4. The van der Waals surface area contributed by atoms with Crippen LogP contribution in [0.25, 0.3) is 11.0 Å². The highest BCUT2D eigenvalue weighted by Gasteiger charge is 2.23. The van der Waals surface area contributed by atoms with Gasteiger partial charge >= 0.3 is 0 Å². The van der Waals surface area contributed by atoms with Gasteiger partial charge in [0.25, 0.3) is 11.8 Å². The zero-order valence-corrected chi connectivity index (χ0v) is 14.1. The average molecular weight is 357 g/mol. The van der Waals surface area contributed by atoms with Gasteiger partial charge in [-0.3, -0.25) is 4.79 Å². The Balaban J connectivity index is 1.41. The number of carbonyl (C=O) groups is 1. The summed E-state index contributed by atoms with van der Waals surface area (Å²) in [5.41, 5.74) is 2.07. The molecule has 0 aliphatic carbocycles. The van der Waals surface area contributed by atoms with Crippen LogP contribution in [-0.2, 0) is 17.8 Å². The molecule has 1 fully saturated rings. The van der Waals surface area contributed by atoms with Crippen LogP contribution < -0.4 is 5.32 Å². The second-order valence-electron chi connectivity index (χ2n) is 6.10. The summed E-state index contributed by atoms with van der Waals surface area (Å²) in [4.78, 5) is 20.9. The van der Waals surface area contributed by atoms with E-state index in [1.807, 2.05) is 10.6 Å². The Bertz CT molecular complexity index is 913. The Hall–Kier alpha value is -2.78. The third-order valence-electron chi connectivity index (χ3n) is 4.32. The molecule has 4 rings (SSSR count). The Morgan fingerprint density at radius 3 is 3.15 bits per heavy atom. The van der Waals surface area contributed by atoms with Gasteiger partial charge in [-0.15, -0.1) is 0 Å². The van der Waals surface area contributed by atoms with Gasteiger partial charge in [0.05, 0.1) is 30.5 Å². The number of fused-ring (bicyclic) bond motifs is 1. The van der Waals surface area contributed by atoms with Crippen molar-refractivity contribution in [2.24, 2.45) is 0 Å². The molecule has 1 aromatic carbocycles. The van der Waals surface area contributed by atoms with Gasteiger partial charge in [0, 0.05) is 18.7 Å². The number of aliphatic hydroxyl groups is 1. The highest BCUT2D eigenvalue weighted by molar-refractivity contribution is 5.97. The van der Waals surface area contributed by atoms with Crippen molar-refractivity contribution in [2.45, 2.75) is 32.0 Å². The van der Waals surface area contributed by atoms with Crippen LogP contribution in [0.1, 0.15) is 41.0 Å². The van der Waals surface area contributed by atoms with Gasteiger partial charge in [0.1, 0.15) is 6.10 Å². The number of hydrogen-bond donors (Lipinski definition) is 2. The molecule has 2 aromatic heterocycles. The minimum Gasteiger partial charge on any atom is -0.395 e. The van der Waals surface area contributed by atoms with E-state index in [1.165, 1.54) is 0 Å². The molecule has 0 saturated carbocycles. The molecule has 3 aromatic rings. The largest absolute Gasteiger partial charge is 0.395 e. The lowest BCUT2D eigenvalue weighted by Gasteiger charge is -2.04. The molecular formula is C17H19N5O4. The molecule has 136 valence electrons. The number of aromatic nitrogens is 4. The first-order chi connectivity index (χ1) is 12.7. The number of ether oxygens (including phenoxy) is 1. The van der Waals surface area contributed by atoms with Crippen molar-refractivity contribution in [1.82, 2.24) is 25.0 Å². The number of nitrogens with one attached hydrogen (secondary N) is 1. The maximum absolute atomic E-state index is 12.4. The topological polar surface area (TPSA) is 115 Å². The zero-order chi connectivity index (χ0) is 17.9. The number of aliphatic hydroxyl groups excluding tert-OH is 1. The van der Waals surface area contributed by atoms with Gasteiger partial charge in [0.2, 0.25) is 0 Å². The quantitative estimate of drug-likeness (QED) is 0.681. The van der Waals surface area contributed by atoms with Crippen molar-refractivity contribution in [1.29, 1.82) is 0 Å². The highest BCUT2D eigenvalue weighted by atomic mass is 16.5. The monoisotopic (exact) mass is 357 g/mol. The Morgan fingerprint density at radius 1 is 1.42 bits per heavy atom. The third-order valence-corrected chi connectivity index (χ3v) is 4.32. The van der Waals surface area contributed by atoms with Crippen molar-refractivity contribution in [3.63, 3.8) is 0 Å². The van der Waals surface area contributed by atoms with E-state index in [0.717, 1.165) is 18.4 Å². The van der Waals surface area contributed by atoms with Gasteiger partial charge < -0.3 is 24.3 Å². The number of benzene rings is 1. The maximum Gasteiger partial charge on any atom is 0.255 e. The fourth-order valence-corrected chi connectivity index (χ4v) is 2.99. The first kappa shape index (κ1) is 16.7. The summed E-state index contributed by atoms with van der Waals surface area (Å²) in [7, 11) is 0. The van der Waals surface area contributed by atoms with E-state index >= 15 is 0 Å². The predicted molar refractivity (Wildman–Crippen MR) is 90.2 cm³/mol. The normalized spacial score (nSPS) is 17.0. The molecule has 2 N–H and O–H groups in total. The zero-order valence-electron chi connectivity index (χ0n) is 14.1. The standard InChI is InChI=1S/C17H19N5O4/c23-6-5-22-10-19-12-8-11(3-4-13(12)22)16(24)18-9-15-20-17(26-21-15)14-2-1-7-25-14/h3-4,8,10,14,23H,1-2,5-7,9H2,(H,18,24). The van der Waals surface area contributed by atoms with Crippen LogP contribution in [0.4, 0.5) is 0 Å². The lowest BCUT2D eigenvalue weighted by Crippen LogP contribution is -2.23. The minimum atomic E-state index is -0.243. The summed E-state index contributed by atoms with van der Waals surface area (Å²) >= 11 is 0. The van der Waals surface area contributed by atoms with Crippen molar-refractivity contribution < 1.29 is 19.2 Å². The van der Waals surface area contributed by atoms with E-state index in [4.69, 9.17) is 14.4 Å². The highest BCUT2D eigenvalue weighted by Crippen LogP contribution is 2.26. The van der Waals surface area contributed by atoms with Crippen LogP contribution in [0.3, 0.4) is 0 Å². The molecule has 9 heteroatoms. The van der Waals surface area contributed by atoms with Gasteiger partial charge in [-0.05, 0) is 31.0 Å². The first-order valence-corrected chi connectivity index (χ1v) is 8.52. The van der Waals surface area contributed by atoms with E-state index in [9.17, 15) is 4.79 Å². The molecule has 1 saturated heterocycles. The van der Waals surface area contributed by atoms with Crippen LogP contribution in [0.15, 0.2) is 29.0 Å². The van der Waals surface area contributed by atoms with Crippen molar-refractivity contribution in [2.75, 3.05) is 13.2 Å². The number of imidazole rings is 1. The van der Waals surface area contributed by atoms with Crippen LogP contribution in [-0.4, -0.2) is 43.9 Å². The number of rotatable bonds is 6. The molecule has 3 heterocycles. The molecule has 1 amide bonds. The van der Waals surface area contributed by atoms with Crippen LogP contribution >= 0.6 is 0 Å². The van der Waals surface area contributed by atoms with Crippen LogP contribution in [0.2, 0.25) is 0 Å². The van der Waals surface area contributed by atoms with Gasteiger partial charge in [0.15, 0.2) is 5.82 Å². The smallest absolute Gasteiger partial charge is 0.255 e. The Labute approximate surface area is 149 Å². The van der Waals surface area contributed by atoms with Crippen molar-refractivity contribution in [3.05, 3.63) is 41.8 Å². The average Bonchev–Trinajstić information content (AvgIpc) is 3.40. The lowest BCUT2D eigenvalue weighted by molar-refractivity contribution is 0.0835. The molecule has 1 aliphatic rings. The molecule has 9 nitrogen and oxygen atoms in total. The van der Waals surface area contributed by atoms with Gasteiger partial charge in [-0.2, -0.15) is 4.98 Å². The molecule has 0 spiro atoms. The number of carbonyl (C=O) groups excluding carboxylic acids is 1. The summed E-state index contributed by atoms with van der Waals surface area (Å²) in [6.45, 7) is 1.38. The number of amides is 1. The second kappa shape index (κ2) is 7.22. The maximum atomic E-state index is 12.4. The first-order valence-electron chi connectivity index (χ1n) is 8.52. The summed E-state index contributed by atoms with van der Waals surface area (Å²) in [5.74, 6) is 0.631. The molecule has 1 atom stereocenters. The minimum absolute atomic E-state index is 0.0340. The third kappa shape index (κ3) is 3.31. The van der Waals surface area contributed by atoms with Crippen LogP contribution in [0.5, 0.6) is 0 Å². The van der Waals surface area contributed by atoms with E-state index in [2.05, 4.69) is 20.4 Å². The second-order valence-corrected chi connectivity index (χ2v) is 6.10. The molecule has 0 bridgehead atoms. The van der Waals surface area contributed by atoms with Crippen LogP contribution in [0, 0.1) is 0 Å². The van der Waals surface area contributed by atoms with E-state index in [0.29, 0.717) is 35.9 Å². The van der Waals surface area contributed by atoms with E-state index in [-0.39, 0.29) is 25.2 Å². The SMILES string of the molecule is O=C(NCc1noc(C2CCCO2)n1)c1ccc2c(c1)ncn2CCO.